The fourth-order valence-corrected chi connectivity index (χ4v) is 1.48. The topological polar surface area (TPSA) is 48.3 Å². The van der Waals surface area contributed by atoms with Crippen molar-refractivity contribution in [3.63, 3.8) is 0 Å². The Labute approximate surface area is 96.7 Å². The number of rotatable bonds is 8. The van der Waals surface area contributed by atoms with Gasteiger partial charge in [0.15, 0.2) is 0 Å². The minimum absolute atomic E-state index is 0.204. The zero-order chi connectivity index (χ0) is 11.8. The van der Waals surface area contributed by atoms with Gasteiger partial charge in [0.1, 0.15) is 0 Å². The number of methoxy groups -OCH3 is 1. The molecule has 0 fully saturated rings. The Balaban J connectivity index is 2.41. The van der Waals surface area contributed by atoms with Gasteiger partial charge in [0.25, 0.3) is 0 Å². The highest BCUT2D eigenvalue weighted by molar-refractivity contribution is 5.10. The third-order valence-electron chi connectivity index (χ3n) is 2.29. The van der Waals surface area contributed by atoms with Crippen LogP contribution in [0.4, 0.5) is 0 Å². The summed E-state index contributed by atoms with van der Waals surface area (Å²) >= 11 is 0. The van der Waals surface area contributed by atoms with Gasteiger partial charge in [0.2, 0.25) is 0 Å². The molecule has 0 aromatic carbocycles. The van der Waals surface area contributed by atoms with Crippen LogP contribution in [0.5, 0.6) is 0 Å². The average Bonchev–Trinajstić information content (AvgIpc) is 2.69. The Morgan fingerprint density at radius 2 is 2.31 bits per heavy atom. The lowest BCUT2D eigenvalue weighted by atomic mass is 10.2. The SMILES string of the molecule is CCNC(COCCOC)c1cnn(C)c1. The molecule has 0 spiro atoms. The van der Waals surface area contributed by atoms with E-state index in [4.69, 9.17) is 9.47 Å². The minimum Gasteiger partial charge on any atom is -0.382 e. The smallest absolute Gasteiger partial charge is 0.0701 e. The molecule has 5 nitrogen and oxygen atoms in total. The van der Waals surface area contributed by atoms with Crippen LogP contribution < -0.4 is 5.32 Å². The van der Waals surface area contributed by atoms with Gasteiger partial charge in [0, 0.05) is 25.9 Å². The first-order valence-corrected chi connectivity index (χ1v) is 5.56. The molecule has 92 valence electrons. The van der Waals surface area contributed by atoms with Gasteiger partial charge in [0.05, 0.1) is 32.1 Å². The number of hydrogen-bond acceptors (Lipinski definition) is 4. The lowest BCUT2D eigenvalue weighted by Gasteiger charge is -2.16. The van der Waals surface area contributed by atoms with Crippen LogP contribution in [0.25, 0.3) is 0 Å². The van der Waals surface area contributed by atoms with E-state index in [-0.39, 0.29) is 6.04 Å². The summed E-state index contributed by atoms with van der Waals surface area (Å²) in [6.07, 6.45) is 3.88. The summed E-state index contributed by atoms with van der Waals surface area (Å²) in [5.41, 5.74) is 1.15. The van der Waals surface area contributed by atoms with E-state index in [1.165, 1.54) is 0 Å². The maximum absolute atomic E-state index is 5.53. The van der Waals surface area contributed by atoms with E-state index >= 15 is 0 Å². The molecular formula is C11H21N3O2. The van der Waals surface area contributed by atoms with E-state index in [2.05, 4.69) is 17.3 Å². The van der Waals surface area contributed by atoms with Crippen LogP contribution in [-0.2, 0) is 16.5 Å². The van der Waals surface area contributed by atoms with E-state index in [9.17, 15) is 0 Å². The Bertz CT molecular complexity index is 289. The quantitative estimate of drug-likeness (QED) is 0.665. The van der Waals surface area contributed by atoms with Crippen molar-refractivity contribution in [3.05, 3.63) is 18.0 Å². The highest BCUT2D eigenvalue weighted by Crippen LogP contribution is 2.11. The van der Waals surface area contributed by atoms with E-state index in [0.717, 1.165) is 12.1 Å². The van der Waals surface area contributed by atoms with Gasteiger partial charge in [-0.1, -0.05) is 6.92 Å². The lowest BCUT2D eigenvalue weighted by Crippen LogP contribution is -2.25. The Morgan fingerprint density at radius 1 is 1.50 bits per heavy atom. The second-order valence-corrected chi connectivity index (χ2v) is 3.63. The van der Waals surface area contributed by atoms with Gasteiger partial charge in [-0.3, -0.25) is 4.68 Å². The first-order chi connectivity index (χ1) is 7.77. The van der Waals surface area contributed by atoms with Crippen LogP contribution in [0, 0.1) is 0 Å². The number of likely N-dealkylation sites (N-methyl/N-ethyl adjacent to an activating group) is 1. The van der Waals surface area contributed by atoms with Crippen molar-refractivity contribution in [1.29, 1.82) is 0 Å². The summed E-state index contributed by atoms with van der Waals surface area (Å²) in [4.78, 5) is 0. The molecule has 0 aliphatic rings. The van der Waals surface area contributed by atoms with E-state index < -0.39 is 0 Å². The molecule has 0 radical (unpaired) electrons. The maximum atomic E-state index is 5.53. The molecule has 1 N–H and O–H groups in total. The summed E-state index contributed by atoms with van der Waals surface area (Å²) < 4.78 is 12.3. The van der Waals surface area contributed by atoms with Gasteiger partial charge in [-0.05, 0) is 6.54 Å². The molecule has 0 amide bonds. The molecule has 0 bridgehead atoms. The molecule has 5 heteroatoms. The van der Waals surface area contributed by atoms with Crippen LogP contribution in [0.2, 0.25) is 0 Å². The molecule has 0 saturated carbocycles. The van der Waals surface area contributed by atoms with Crippen molar-refractivity contribution in [2.75, 3.05) is 33.5 Å². The standard InChI is InChI=1S/C11H21N3O2/c1-4-12-11(9-16-6-5-15-3)10-7-13-14(2)8-10/h7-8,11-12H,4-6,9H2,1-3H3. The van der Waals surface area contributed by atoms with E-state index in [1.54, 1.807) is 11.8 Å². The second kappa shape index (κ2) is 7.38. The zero-order valence-electron chi connectivity index (χ0n) is 10.3. The third-order valence-corrected chi connectivity index (χ3v) is 2.29. The van der Waals surface area contributed by atoms with Crippen LogP contribution in [-0.4, -0.2) is 43.3 Å². The first-order valence-electron chi connectivity index (χ1n) is 5.56. The predicted octanol–water partition coefficient (Wildman–Crippen LogP) is 0.734. The number of nitrogens with one attached hydrogen (secondary N) is 1. The molecule has 0 saturated heterocycles. The largest absolute Gasteiger partial charge is 0.382 e. The van der Waals surface area contributed by atoms with E-state index in [1.807, 2.05) is 19.4 Å². The fraction of sp³-hybridized carbons (Fsp3) is 0.727. The van der Waals surface area contributed by atoms with Crippen LogP contribution >= 0.6 is 0 Å². The predicted molar refractivity (Wildman–Crippen MR) is 62.3 cm³/mol. The molecule has 16 heavy (non-hydrogen) atoms. The molecule has 1 heterocycles. The number of hydrogen-bond donors (Lipinski definition) is 1. The monoisotopic (exact) mass is 227 g/mol. The highest BCUT2D eigenvalue weighted by Gasteiger charge is 2.11. The first kappa shape index (κ1) is 13.2. The summed E-state index contributed by atoms with van der Waals surface area (Å²) in [6, 6.07) is 0.204. The molecule has 1 rings (SSSR count). The number of nitrogens with zero attached hydrogens (tertiary/aromatic N) is 2. The third kappa shape index (κ3) is 4.30. The van der Waals surface area contributed by atoms with E-state index in [0.29, 0.717) is 19.8 Å². The number of aryl methyl sites for hydroxylation is 1. The van der Waals surface area contributed by atoms with Crippen molar-refractivity contribution in [1.82, 2.24) is 15.1 Å². The van der Waals surface area contributed by atoms with Crippen molar-refractivity contribution in [2.45, 2.75) is 13.0 Å². The van der Waals surface area contributed by atoms with Crippen molar-refractivity contribution in [3.8, 4) is 0 Å². The van der Waals surface area contributed by atoms with Crippen molar-refractivity contribution >= 4 is 0 Å². The van der Waals surface area contributed by atoms with Gasteiger partial charge in [-0.25, -0.2) is 0 Å². The number of ether oxygens (including phenoxy) is 2. The van der Waals surface area contributed by atoms with Gasteiger partial charge in [-0.15, -0.1) is 0 Å². The Kier molecular flexibility index (Phi) is 6.07. The molecule has 1 aromatic heterocycles. The summed E-state index contributed by atoms with van der Waals surface area (Å²) in [6.45, 7) is 4.89. The van der Waals surface area contributed by atoms with Gasteiger partial charge < -0.3 is 14.8 Å². The average molecular weight is 227 g/mol. The summed E-state index contributed by atoms with van der Waals surface area (Å²) in [5.74, 6) is 0. The van der Waals surface area contributed by atoms with Gasteiger partial charge >= 0.3 is 0 Å². The summed E-state index contributed by atoms with van der Waals surface area (Å²) in [7, 11) is 3.59. The van der Waals surface area contributed by atoms with Crippen LogP contribution in [0.1, 0.15) is 18.5 Å². The maximum Gasteiger partial charge on any atom is 0.0701 e. The minimum atomic E-state index is 0.204. The van der Waals surface area contributed by atoms with Crippen LogP contribution in [0.3, 0.4) is 0 Å². The molecular weight excluding hydrogens is 206 g/mol. The van der Waals surface area contributed by atoms with Crippen molar-refractivity contribution < 1.29 is 9.47 Å². The lowest BCUT2D eigenvalue weighted by molar-refractivity contribution is 0.0588. The highest BCUT2D eigenvalue weighted by atomic mass is 16.5. The molecule has 1 aromatic rings. The number of aromatic nitrogens is 2. The second-order valence-electron chi connectivity index (χ2n) is 3.63. The van der Waals surface area contributed by atoms with Crippen LogP contribution in [0.15, 0.2) is 12.4 Å². The Hall–Kier alpha value is -0.910. The van der Waals surface area contributed by atoms with Gasteiger partial charge in [-0.2, -0.15) is 5.10 Å². The fourth-order valence-electron chi connectivity index (χ4n) is 1.48. The molecule has 0 aliphatic heterocycles. The molecule has 0 aliphatic carbocycles. The molecule has 1 unspecified atom stereocenters. The van der Waals surface area contributed by atoms with Crippen molar-refractivity contribution in [2.24, 2.45) is 7.05 Å². The summed E-state index contributed by atoms with van der Waals surface area (Å²) in [5, 5.41) is 7.53. The molecule has 1 atom stereocenters. The normalized spacial score (nSPS) is 12.9. The Morgan fingerprint density at radius 3 is 2.88 bits per heavy atom. The zero-order valence-corrected chi connectivity index (χ0v) is 10.3.